The molecule has 0 amide bonds. The van der Waals surface area contributed by atoms with Crippen LogP contribution < -0.4 is 5.43 Å². The fourth-order valence-electron chi connectivity index (χ4n) is 2.60. The summed E-state index contributed by atoms with van der Waals surface area (Å²) in [6.07, 6.45) is 2.88. The Labute approximate surface area is 124 Å². The summed E-state index contributed by atoms with van der Waals surface area (Å²) in [5, 5.41) is 0.650. The maximum Gasteiger partial charge on any atom is 0.200 e. The molecule has 0 bridgehead atoms. The largest absolute Gasteiger partial charge is 0.460 e. The van der Waals surface area contributed by atoms with E-state index in [1.807, 2.05) is 54.6 Å². The molecule has 1 aromatic heterocycles. The summed E-state index contributed by atoms with van der Waals surface area (Å²) in [5.41, 5.74) is 2.38. The second-order valence-electron chi connectivity index (χ2n) is 5.20. The quantitative estimate of drug-likeness (QED) is 0.686. The molecular weight excluding hydrogens is 260 g/mol. The van der Waals surface area contributed by atoms with Crippen molar-refractivity contribution in [2.45, 2.75) is 26.2 Å². The van der Waals surface area contributed by atoms with Crippen molar-refractivity contribution in [3.8, 4) is 11.1 Å². The van der Waals surface area contributed by atoms with Gasteiger partial charge in [0.2, 0.25) is 5.43 Å². The number of aryl methyl sites for hydroxylation is 1. The van der Waals surface area contributed by atoms with Gasteiger partial charge in [0.15, 0.2) is 0 Å². The van der Waals surface area contributed by atoms with Crippen LogP contribution in [0.5, 0.6) is 0 Å². The average Bonchev–Trinajstić information content (AvgIpc) is 2.54. The third-order valence-corrected chi connectivity index (χ3v) is 3.69. The monoisotopic (exact) mass is 278 g/mol. The SMILES string of the molecule is CCCCc1oc2ccccc2c(=O)c1-c1ccccc1. The highest BCUT2D eigenvalue weighted by atomic mass is 16.3. The summed E-state index contributed by atoms with van der Waals surface area (Å²) in [5.74, 6) is 0.798. The van der Waals surface area contributed by atoms with Crippen LogP contribution in [0.15, 0.2) is 63.8 Å². The van der Waals surface area contributed by atoms with Crippen molar-refractivity contribution < 1.29 is 4.42 Å². The first-order chi connectivity index (χ1) is 10.3. The van der Waals surface area contributed by atoms with E-state index in [4.69, 9.17) is 4.42 Å². The van der Waals surface area contributed by atoms with Crippen LogP contribution in [-0.4, -0.2) is 0 Å². The Kier molecular flexibility index (Phi) is 3.87. The summed E-state index contributed by atoms with van der Waals surface area (Å²) >= 11 is 0. The fraction of sp³-hybridized carbons (Fsp3) is 0.211. The van der Waals surface area contributed by atoms with Gasteiger partial charge in [-0.05, 0) is 24.1 Å². The summed E-state index contributed by atoms with van der Waals surface area (Å²) in [7, 11) is 0. The van der Waals surface area contributed by atoms with Crippen molar-refractivity contribution in [2.24, 2.45) is 0 Å². The summed E-state index contributed by atoms with van der Waals surface area (Å²) < 4.78 is 6.03. The first kappa shape index (κ1) is 13.6. The van der Waals surface area contributed by atoms with Crippen LogP contribution in [0.2, 0.25) is 0 Å². The van der Waals surface area contributed by atoms with E-state index in [1.54, 1.807) is 0 Å². The molecule has 3 aromatic rings. The Bertz CT molecular complexity index is 801. The number of benzene rings is 2. The molecule has 2 heteroatoms. The Balaban J connectivity index is 2.29. The molecule has 2 nitrogen and oxygen atoms in total. The Morgan fingerprint density at radius 1 is 0.952 bits per heavy atom. The fourth-order valence-corrected chi connectivity index (χ4v) is 2.60. The summed E-state index contributed by atoms with van der Waals surface area (Å²) in [6, 6.07) is 17.3. The van der Waals surface area contributed by atoms with Gasteiger partial charge in [0.1, 0.15) is 11.3 Å². The van der Waals surface area contributed by atoms with E-state index in [0.29, 0.717) is 16.5 Å². The van der Waals surface area contributed by atoms with Gasteiger partial charge in [-0.2, -0.15) is 0 Å². The zero-order valence-electron chi connectivity index (χ0n) is 12.1. The molecule has 0 N–H and O–H groups in total. The molecule has 106 valence electrons. The molecule has 0 saturated heterocycles. The highest BCUT2D eigenvalue weighted by molar-refractivity contribution is 5.82. The number of fused-ring (bicyclic) bond motifs is 1. The first-order valence-corrected chi connectivity index (χ1v) is 7.41. The van der Waals surface area contributed by atoms with Gasteiger partial charge in [-0.1, -0.05) is 55.8 Å². The third-order valence-electron chi connectivity index (χ3n) is 3.69. The van der Waals surface area contributed by atoms with Crippen LogP contribution in [-0.2, 0) is 6.42 Å². The van der Waals surface area contributed by atoms with Crippen molar-refractivity contribution in [1.29, 1.82) is 0 Å². The molecule has 0 radical (unpaired) electrons. The molecule has 0 aliphatic carbocycles. The van der Waals surface area contributed by atoms with Crippen LogP contribution in [0.25, 0.3) is 22.1 Å². The highest BCUT2D eigenvalue weighted by Crippen LogP contribution is 2.25. The van der Waals surface area contributed by atoms with E-state index in [0.717, 1.165) is 30.6 Å². The lowest BCUT2D eigenvalue weighted by atomic mass is 10.00. The third kappa shape index (κ3) is 2.62. The Morgan fingerprint density at radius 2 is 1.67 bits per heavy atom. The van der Waals surface area contributed by atoms with Gasteiger partial charge >= 0.3 is 0 Å². The predicted molar refractivity (Wildman–Crippen MR) is 86.5 cm³/mol. The van der Waals surface area contributed by atoms with Crippen LogP contribution in [0, 0.1) is 0 Å². The minimum absolute atomic E-state index is 0.0640. The lowest BCUT2D eigenvalue weighted by Crippen LogP contribution is -2.09. The molecule has 21 heavy (non-hydrogen) atoms. The van der Waals surface area contributed by atoms with E-state index in [2.05, 4.69) is 6.92 Å². The lowest BCUT2D eigenvalue weighted by Gasteiger charge is -2.10. The van der Waals surface area contributed by atoms with Gasteiger partial charge in [0, 0.05) is 6.42 Å². The molecular formula is C19H18O2. The minimum atomic E-state index is 0.0640. The summed E-state index contributed by atoms with van der Waals surface area (Å²) in [4.78, 5) is 12.9. The molecule has 0 aliphatic heterocycles. The van der Waals surface area contributed by atoms with Crippen LogP contribution >= 0.6 is 0 Å². The minimum Gasteiger partial charge on any atom is -0.460 e. The molecule has 0 fully saturated rings. The topological polar surface area (TPSA) is 30.2 Å². The Hall–Kier alpha value is -2.35. The number of rotatable bonds is 4. The molecule has 2 aromatic carbocycles. The predicted octanol–water partition coefficient (Wildman–Crippen LogP) is 4.80. The van der Waals surface area contributed by atoms with E-state index in [1.165, 1.54) is 0 Å². The van der Waals surface area contributed by atoms with Crippen LogP contribution in [0.3, 0.4) is 0 Å². The molecule has 0 saturated carbocycles. The molecule has 3 rings (SSSR count). The van der Waals surface area contributed by atoms with Gasteiger partial charge in [0.25, 0.3) is 0 Å². The highest BCUT2D eigenvalue weighted by Gasteiger charge is 2.15. The van der Waals surface area contributed by atoms with Crippen LogP contribution in [0.4, 0.5) is 0 Å². The second-order valence-corrected chi connectivity index (χ2v) is 5.20. The second kappa shape index (κ2) is 5.96. The maximum absolute atomic E-state index is 12.9. The number of para-hydroxylation sites is 1. The smallest absolute Gasteiger partial charge is 0.200 e. The van der Waals surface area contributed by atoms with E-state index < -0.39 is 0 Å². The standard InChI is InChI=1S/C19H18O2/c1-2-3-12-17-18(14-9-5-4-6-10-14)19(20)15-11-7-8-13-16(15)21-17/h4-11,13H,2-3,12H2,1H3. The molecule has 1 heterocycles. The number of hydrogen-bond acceptors (Lipinski definition) is 2. The first-order valence-electron chi connectivity index (χ1n) is 7.41. The van der Waals surface area contributed by atoms with Crippen molar-refractivity contribution in [3.63, 3.8) is 0 Å². The van der Waals surface area contributed by atoms with E-state index in [9.17, 15) is 4.79 Å². The average molecular weight is 278 g/mol. The van der Waals surface area contributed by atoms with Gasteiger partial charge in [0.05, 0.1) is 10.9 Å². The molecule has 0 atom stereocenters. The zero-order valence-corrected chi connectivity index (χ0v) is 12.1. The number of unbranched alkanes of at least 4 members (excludes halogenated alkanes) is 1. The van der Waals surface area contributed by atoms with Crippen molar-refractivity contribution in [1.82, 2.24) is 0 Å². The lowest BCUT2D eigenvalue weighted by molar-refractivity contribution is 0.527. The molecule has 0 spiro atoms. The van der Waals surface area contributed by atoms with Crippen molar-refractivity contribution in [3.05, 3.63) is 70.6 Å². The van der Waals surface area contributed by atoms with E-state index >= 15 is 0 Å². The molecule has 0 unspecified atom stereocenters. The van der Waals surface area contributed by atoms with Gasteiger partial charge < -0.3 is 4.42 Å². The van der Waals surface area contributed by atoms with E-state index in [-0.39, 0.29) is 5.43 Å². The summed E-state index contributed by atoms with van der Waals surface area (Å²) in [6.45, 7) is 2.14. The van der Waals surface area contributed by atoms with Gasteiger partial charge in [-0.3, -0.25) is 4.79 Å². The maximum atomic E-state index is 12.9. The van der Waals surface area contributed by atoms with Crippen molar-refractivity contribution in [2.75, 3.05) is 0 Å². The molecule has 0 aliphatic rings. The van der Waals surface area contributed by atoms with Crippen molar-refractivity contribution >= 4 is 11.0 Å². The normalized spacial score (nSPS) is 10.9. The zero-order chi connectivity index (χ0) is 14.7. The number of hydrogen-bond donors (Lipinski definition) is 0. The Morgan fingerprint density at radius 3 is 2.43 bits per heavy atom. The van der Waals surface area contributed by atoms with Gasteiger partial charge in [-0.25, -0.2) is 0 Å². The van der Waals surface area contributed by atoms with Gasteiger partial charge in [-0.15, -0.1) is 0 Å². The van der Waals surface area contributed by atoms with Crippen LogP contribution in [0.1, 0.15) is 25.5 Å².